The van der Waals surface area contributed by atoms with Crippen LogP contribution in [0.5, 0.6) is 0 Å². The molecular formula is C22H27N3O4S. The third-order valence-corrected chi connectivity index (χ3v) is 9.02. The average Bonchev–Trinajstić information content (AvgIpc) is 3.29. The van der Waals surface area contributed by atoms with Crippen molar-refractivity contribution < 1.29 is 17.9 Å². The van der Waals surface area contributed by atoms with Crippen molar-refractivity contribution in [1.29, 1.82) is 0 Å². The highest BCUT2D eigenvalue weighted by atomic mass is 32.2. The first-order chi connectivity index (χ1) is 14.3. The van der Waals surface area contributed by atoms with Crippen LogP contribution in [0.25, 0.3) is 10.8 Å². The van der Waals surface area contributed by atoms with E-state index in [-0.39, 0.29) is 16.9 Å². The van der Waals surface area contributed by atoms with Crippen LogP contribution in [0.3, 0.4) is 0 Å². The van der Waals surface area contributed by atoms with Crippen LogP contribution < -0.4 is 5.32 Å². The molecule has 0 bridgehead atoms. The highest BCUT2D eigenvalue weighted by Gasteiger charge is 2.46. The van der Waals surface area contributed by atoms with Gasteiger partial charge in [0.2, 0.25) is 10.0 Å². The van der Waals surface area contributed by atoms with Crippen LogP contribution in [0.2, 0.25) is 0 Å². The minimum atomic E-state index is -3.67. The SMILES string of the molecule is CO[C@@H]1C[C@H]2CN(S(=O)(=O)c3ccc4c5c(cccc35)C(=O)N4)C[C@H]2C[C@H]1N(C)C. The van der Waals surface area contributed by atoms with E-state index in [2.05, 4.69) is 24.3 Å². The highest BCUT2D eigenvalue weighted by molar-refractivity contribution is 7.89. The molecule has 0 radical (unpaired) electrons. The number of benzene rings is 2. The zero-order valence-electron chi connectivity index (χ0n) is 17.5. The Kier molecular flexibility index (Phi) is 4.66. The molecule has 2 aromatic rings. The summed E-state index contributed by atoms with van der Waals surface area (Å²) in [5.41, 5.74) is 1.21. The molecule has 1 aliphatic carbocycles. The molecule has 4 atom stereocenters. The number of sulfonamides is 1. The van der Waals surface area contributed by atoms with Crippen molar-refractivity contribution in [2.75, 3.05) is 39.6 Å². The summed E-state index contributed by atoms with van der Waals surface area (Å²) in [6, 6.07) is 8.91. The van der Waals surface area contributed by atoms with Crippen molar-refractivity contribution in [3.8, 4) is 0 Å². The number of hydrogen-bond donors (Lipinski definition) is 1. The van der Waals surface area contributed by atoms with E-state index in [0.717, 1.165) is 12.8 Å². The van der Waals surface area contributed by atoms with Gasteiger partial charge in [-0.3, -0.25) is 4.79 Å². The molecule has 2 aromatic carbocycles. The molecular weight excluding hydrogens is 402 g/mol. The molecule has 1 N–H and O–H groups in total. The lowest BCUT2D eigenvalue weighted by Gasteiger charge is -2.40. The van der Waals surface area contributed by atoms with Crippen LogP contribution >= 0.6 is 0 Å². The number of fused-ring (bicyclic) bond motifs is 1. The molecule has 160 valence electrons. The van der Waals surface area contributed by atoms with Gasteiger partial charge in [0.15, 0.2) is 0 Å². The summed E-state index contributed by atoms with van der Waals surface area (Å²) >= 11 is 0. The fourth-order valence-corrected chi connectivity index (χ4v) is 7.31. The van der Waals surface area contributed by atoms with Gasteiger partial charge in [-0.2, -0.15) is 4.31 Å². The zero-order valence-corrected chi connectivity index (χ0v) is 18.3. The molecule has 2 aliphatic heterocycles. The first-order valence-electron chi connectivity index (χ1n) is 10.4. The summed E-state index contributed by atoms with van der Waals surface area (Å²) in [5.74, 6) is 0.456. The molecule has 0 unspecified atom stereocenters. The van der Waals surface area contributed by atoms with Crippen molar-refractivity contribution in [1.82, 2.24) is 9.21 Å². The maximum atomic E-state index is 13.7. The molecule has 8 heteroatoms. The average molecular weight is 430 g/mol. The van der Waals surface area contributed by atoms with Gasteiger partial charge in [0.05, 0.1) is 11.0 Å². The van der Waals surface area contributed by atoms with E-state index in [1.165, 1.54) is 0 Å². The number of anilines is 1. The third-order valence-electron chi connectivity index (χ3n) is 7.13. The van der Waals surface area contributed by atoms with E-state index in [9.17, 15) is 13.2 Å². The summed E-state index contributed by atoms with van der Waals surface area (Å²) in [4.78, 5) is 14.7. The number of nitrogens with zero attached hydrogens (tertiary/aromatic N) is 2. The lowest BCUT2D eigenvalue weighted by molar-refractivity contribution is -0.0209. The lowest BCUT2D eigenvalue weighted by atomic mass is 9.77. The number of hydrogen-bond acceptors (Lipinski definition) is 5. The Hall–Kier alpha value is -2.00. The van der Waals surface area contributed by atoms with Crippen molar-refractivity contribution in [3.05, 3.63) is 35.9 Å². The smallest absolute Gasteiger partial charge is 0.256 e. The molecule has 1 amide bonds. The Morgan fingerprint density at radius 3 is 2.53 bits per heavy atom. The summed E-state index contributed by atoms with van der Waals surface area (Å²) in [6.45, 7) is 1.06. The Bertz CT molecular complexity index is 1130. The van der Waals surface area contributed by atoms with Gasteiger partial charge in [-0.05, 0) is 57.0 Å². The number of likely N-dealkylation sites (N-methyl/N-ethyl adjacent to an activating group) is 1. The van der Waals surface area contributed by atoms with E-state index >= 15 is 0 Å². The Balaban J connectivity index is 1.49. The molecule has 1 saturated carbocycles. The largest absolute Gasteiger partial charge is 0.380 e. The molecule has 30 heavy (non-hydrogen) atoms. The van der Waals surface area contributed by atoms with Gasteiger partial charge in [-0.15, -0.1) is 0 Å². The number of nitrogens with one attached hydrogen (secondary N) is 1. The molecule has 3 aliphatic rings. The predicted octanol–water partition coefficient (Wildman–Crippen LogP) is 2.38. The van der Waals surface area contributed by atoms with E-state index in [4.69, 9.17) is 4.74 Å². The molecule has 0 aromatic heterocycles. The van der Waals surface area contributed by atoms with E-state index in [0.29, 0.717) is 53.0 Å². The third kappa shape index (κ3) is 2.89. The van der Waals surface area contributed by atoms with Gasteiger partial charge >= 0.3 is 0 Å². The van der Waals surface area contributed by atoms with E-state index < -0.39 is 10.0 Å². The number of carbonyl (C=O) groups excluding carboxylic acids is 1. The summed E-state index contributed by atoms with van der Waals surface area (Å²) < 4.78 is 34.7. The number of amides is 1. The number of methoxy groups -OCH3 is 1. The highest BCUT2D eigenvalue weighted by Crippen LogP contribution is 2.42. The van der Waals surface area contributed by atoms with Crippen LogP contribution in [0.4, 0.5) is 5.69 Å². The molecule has 1 saturated heterocycles. The Morgan fingerprint density at radius 2 is 1.83 bits per heavy atom. The number of ether oxygens (including phenoxy) is 1. The van der Waals surface area contributed by atoms with Crippen LogP contribution in [0, 0.1) is 11.8 Å². The summed E-state index contributed by atoms with van der Waals surface area (Å²) in [6.07, 6.45) is 1.93. The number of rotatable bonds is 4. The second kappa shape index (κ2) is 7.02. The predicted molar refractivity (Wildman–Crippen MR) is 115 cm³/mol. The Labute approximate surface area is 177 Å². The summed E-state index contributed by atoms with van der Waals surface area (Å²) in [7, 11) is 2.19. The molecule has 2 heterocycles. The van der Waals surface area contributed by atoms with Gasteiger partial charge in [0, 0.05) is 48.3 Å². The van der Waals surface area contributed by atoms with Crippen LogP contribution in [0.1, 0.15) is 23.2 Å². The second-order valence-electron chi connectivity index (χ2n) is 8.91. The van der Waals surface area contributed by atoms with E-state index in [1.807, 2.05) is 0 Å². The minimum Gasteiger partial charge on any atom is -0.380 e. The van der Waals surface area contributed by atoms with Crippen molar-refractivity contribution in [2.24, 2.45) is 11.8 Å². The van der Waals surface area contributed by atoms with Crippen molar-refractivity contribution in [2.45, 2.75) is 29.9 Å². The van der Waals surface area contributed by atoms with Gasteiger partial charge < -0.3 is 15.0 Å². The maximum Gasteiger partial charge on any atom is 0.256 e. The van der Waals surface area contributed by atoms with Crippen molar-refractivity contribution >= 4 is 32.4 Å². The van der Waals surface area contributed by atoms with Gasteiger partial charge in [-0.25, -0.2) is 8.42 Å². The standard InChI is InChI=1S/C22H27N3O4S/c1-24(2)18-9-13-11-25(12-14(13)10-19(18)29-3)30(27,28)20-8-7-17-21-15(20)5-4-6-16(21)22(26)23-17/h4-8,13-14,18-19H,9-12H2,1-3H3,(H,23,26)/t13-,14+,18-,19-/m1/s1. The zero-order chi connectivity index (χ0) is 21.2. The van der Waals surface area contributed by atoms with Gasteiger partial charge in [0.25, 0.3) is 5.91 Å². The van der Waals surface area contributed by atoms with Gasteiger partial charge in [-0.1, -0.05) is 12.1 Å². The van der Waals surface area contributed by atoms with Gasteiger partial charge in [0.1, 0.15) is 0 Å². The van der Waals surface area contributed by atoms with Crippen molar-refractivity contribution in [3.63, 3.8) is 0 Å². The molecule has 7 nitrogen and oxygen atoms in total. The summed E-state index contributed by atoms with van der Waals surface area (Å²) in [5, 5.41) is 4.13. The second-order valence-corrected chi connectivity index (χ2v) is 10.8. The van der Waals surface area contributed by atoms with Crippen LogP contribution in [-0.2, 0) is 14.8 Å². The molecule has 2 fully saturated rings. The maximum absolute atomic E-state index is 13.7. The van der Waals surface area contributed by atoms with E-state index in [1.54, 1.807) is 41.7 Å². The molecule has 0 spiro atoms. The normalized spacial score (nSPS) is 28.9. The quantitative estimate of drug-likeness (QED) is 0.807. The minimum absolute atomic E-state index is 0.123. The monoisotopic (exact) mass is 429 g/mol. The Morgan fingerprint density at radius 1 is 1.10 bits per heavy atom. The van der Waals surface area contributed by atoms with Crippen LogP contribution in [0.15, 0.2) is 35.2 Å². The fourth-order valence-electron chi connectivity index (χ4n) is 5.57. The molecule has 5 rings (SSSR count). The number of carbonyl (C=O) groups is 1. The van der Waals surface area contributed by atoms with Crippen LogP contribution in [-0.4, -0.2) is 70.0 Å². The topological polar surface area (TPSA) is 78.9 Å². The first kappa shape index (κ1) is 19.9. The first-order valence-corrected chi connectivity index (χ1v) is 11.8. The fraction of sp³-hybridized carbons (Fsp3) is 0.500. The lowest BCUT2D eigenvalue weighted by Crippen LogP contribution is -2.47.